The smallest absolute Gasteiger partial charge is 0.161 e. The molecule has 1 heterocycles. The van der Waals surface area contributed by atoms with Crippen LogP contribution in [0.25, 0.3) is 11.4 Å². The Labute approximate surface area is 120 Å². The first-order valence-corrected chi connectivity index (χ1v) is 6.81. The highest BCUT2D eigenvalue weighted by Gasteiger charge is 2.09. The maximum absolute atomic E-state index is 4.50. The third-order valence-electron chi connectivity index (χ3n) is 3.54. The molecule has 106 valence electrons. The summed E-state index contributed by atoms with van der Waals surface area (Å²) in [5.41, 5.74) is 3.30. The number of aromatic nitrogens is 2. The van der Waals surface area contributed by atoms with E-state index in [0.29, 0.717) is 6.04 Å². The standard InChI is InChI=1S/C16H22N4/c1-11-10-15(17-3)19-16(18-11)14-8-6-13(7-9-14)12(2)20(4)5/h6-10,12H,1-5H3,(H,17,18,19). The second-order valence-electron chi connectivity index (χ2n) is 5.23. The Kier molecular flexibility index (Phi) is 4.35. The molecule has 1 unspecified atom stereocenters. The first-order chi connectivity index (χ1) is 9.51. The van der Waals surface area contributed by atoms with Crippen molar-refractivity contribution in [3.8, 4) is 11.4 Å². The fourth-order valence-corrected chi connectivity index (χ4v) is 2.03. The molecular weight excluding hydrogens is 248 g/mol. The lowest BCUT2D eigenvalue weighted by Crippen LogP contribution is -2.16. The molecule has 0 spiro atoms. The van der Waals surface area contributed by atoms with Crippen LogP contribution in [0.1, 0.15) is 24.2 Å². The second-order valence-corrected chi connectivity index (χ2v) is 5.23. The van der Waals surface area contributed by atoms with E-state index in [1.54, 1.807) is 0 Å². The van der Waals surface area contributed by atoms with Crippen molar-refractivity contribution >= 4 is 5.82 Å². The average Bonchev–Trinajstić information content (AvgIpc) is 2.45. The molecule has 2 rings (SSSR count). The number of benzene rings is 1. The fraction of sp³-hybridized carbons (Fsp3) is 0.375. The molecule has 2 aromatic rings. The maximum Gasteiger partial charge on any atom is 0.161 e. The van der Waals surface area contributed by atoms with Crippen molar-refractivity contribution in [3.63, 3.8) is 0 Å². The Morgan fingerprint density at radius 2 is 1.75 bits per heavy atom. The Morgan fingerprint density at radius 3 is 2.30 bits per heavy atom. The number of nitrogens with one attached hydrogen (secondary N) is 1. The summed E-state index contributed by atoms with van der Waals surface area (Å²) in [5.74, 6) is 1.61. The van der Waals surface area contributed by atoms with Gasteiger partial charge in [0.15, 0.2) is 5.82 Å². The third kappa shape index (κ3) is 3.14. The van der Waals surface area contributed by atoms with E-state index in [-0.39, 0.29) is 0 Å². The topological polar surface area (TPSA) is 41.1 Å². The molecule has 20 heavy (non-hydrogen) atoms. The van der Waals surface area contributed by atoms with E-state index >= 15 is 0 Å². The molecule has 1 atom stereocenters. The molecule has 0 fully saturated rings. The van der Waals surface area contributed by atoms with Crippen LogP contribution in [0, 0.1) is 6.92 Å². The van der Waals surface area contributed by atoms with Crippen LogP contribution in [0.5, 0.6) is 0 Å². The van der Waals surface area contributed by atoms with Gasteiger partial charge in [0, 0.05) is 30.4 Å². The lowest BCUT2D eigenvalue weighted by molar-refractivity contribution is 0.321. The van der Waals surface area contributed by atoms with Crippen LogP contribution in [-0.4, -0.2) is 36.0 Å². The number of hydrogen-bond donors (Lipinski definition) is 1. The van der Waals surface area contributed by atoms with Crippen molar-refractivity contribution in [1.82, 2.24) is 14.9 Å². The largest absolute Gasteiger partial charge is 0.373 e. The van der Waals surface area contributed by atoms with Gasteiger partial charge < -0.3 is 10.2 Å². The van der Waals surface area contributed by atoms with Gasteiger partial charge >= 0.3 is 0 Å². The van der Waals surface area contributed by atoms with Crippen molar-refractivity contribution in [2.24, 2.45) is 0 Å². The Morgan fingerprint density at radius 1 is 1.10 bits per heavy atom. The van der Waals surface area contributed by atoms with Gasteiger partial charge in [-0.25, -0.2) is 9.97 Å². The van der Waals surface area contributed by atoms with Gasteiger partial charge in [0.2, 0.25) is 0 Å². The molecule has 0 aliphatic heterocycles. The summed E-state index contributed by atoms with van der Waals surface area (Å²) in [5, 5.41) is 3.06. The van der Waals surface area contributed by atoms with Crippen LogP contribution in [0.2, 0.25) is 0 Å². The van der Waals surface area contributed by atoms with Crippen molar-refractivity contribution in [1.29, 1.82) is 0 Å². The predicted octanol–water partition coefficient (Wildman–Crippen LogP) is 3.12. The zero-order valence-electron chi connectivity index (χ0n) is 12.8. The highest BCUT2D eigenvalue weighted by atomic mass is 15.1. The van der Waals surface area contributed by atoms with E-state index in [1.165, 1.54) is 5.56 Å². The molecule has 0 saturated carbocycles. The summed E-state index contributed by atoms with van der Waals surface area (Å²) in [4.78, 5) is 11.2. The summed E-state index contributed by atoms with van der Waals surface area (Å²) in [6.07, 6.45) is 0. The molecule has 1 aromatic heterocycles. The molecule has 4 nitrogen and oxygen atoms in total. The predicted molar refractivity (Wildman–Crippen MR) is 83.9 cm³/mol. The molecule has 0 radical (unpaired) electrons. The van der Waals surface area contributed by atoms with E-state index in [9.17, 15) is 0 Å². The van der Waals surface area contributed by atoms with Crippen molar-refractivity contribution in [2.45, 2.75) is 19.9 Å². The van der Waals surface area contributed by atoms with Crippen LogP contribution in [0.3, 0.4) is 0 Å². The zero-order valence-corrected chi connectivity index (χ0v) is 12.8. The number of hydrogen-bond acceptors (Lipinski definition) is 4. The van der Waals surface area contributed by atoms with E-state index in [1.807, 2.05) is 20.0 Å². The summed E-state index contributed by atoms with van der Waals surface area (Å²) in [6, 6.07) is 10.8. The molecule has 1 aromatic carbocycles. The van der Waals surface area contributed by atoms with Crippen LogP contribution in [-0.2, 0) is 0 Å². The van der Waals surface area contributed by atoms with E-state index in [0.717, 1.165) is 22.9 Å². The summed E-state index contributed by atoms with van der Waals surface area (Å²) < 4.78 is 0. The SMILES string of the molecule is CNc1cc(C)nc(-c2ccc(C(C)N(C)C)cc2)n1. The van der Waals surface area contributed by atoms with Gasteiger partial charge in [0.1, 0.15) is 5.82 Å². The first kappa shape index (κ1) is 14.5. The van der Waals surface area contributed by atoms with Gasteiger partial charge in [-0.3, -0.25) is 0 Å². The zero-order chi connectivity index (χ0) is 14.7. The van der Waals surface area contributed by atoms with Crippen LogP contribution < -0.4 is 5.32 Å². The average molecular weight is 270 g/mol. The van der Waals surface area contributed by atoms with Crippen molar-refractivity contribution < 1.29 is 0 Å². The Balaban J connectivity index is 2.32. The molecule has 0 aliphatic rings. The van der Waals surface area contributed by atoms with Crippen LogP contribution in [0.4, 0.5) is 5.82 Å². The molecular formula is C16H22N4. The molecule has 0 amide bonds. The van der Waals surface area contributed by atoms with Gasteiger partial charge in [-0.05, 0) is 33.5 Å². The normalized spacial score (nSPS) is 12.5. The minimum absolute atomic E-state index is 0.398. The third-order valence-corrected chi connectivity index (χ3v) is 3.54. The van der Waals surface area contributed by atoms with E-state index < -0.39 is 0 Å². The van der Waals surface area contributed by atoms with E-state index in [2.05, 4.69) is 65.5 Å². The molecule has 0 bridgehead atoms. The van der Waals surface area contributed by atoms with Gasteiger partial charge in [-0.2, -0.15) is 0 Å². The lowest BCUT2D eigenvalue weighted by atomic mass is 10.1. The highest BCUT2D eigenvalue weighted by molar-refractivity contribution is 5.58. The minimum atomic E-state index is 0.398. The number of aryl methyl sites for hydroxylation is 1. The van der Waals surface area contributed by atoms with Gasteiger partial charge in [0.25, 0.3) is 0 Å². The number of rotatable bonds is 4. The highest BCUT2D eigenvalue weighted by Crippen LogP contribution is 2.22. The maximum atomic E-state index is 4.50. The fourth-order valence-electron chi connectivity index (χ4n) is 2.03. The van der Waals surface area contributed by atoms with Gasteiger partial charge in [-0.1, -0.05) is 24.3 Å². The van der Waals surface area contributed by atoms with E-state index in [4.69, 9.17) is 0 Å². The summed E-state index contributed by atoms with van der Waals surface area (Å²) in [7, 11) is 6.04. The first-order valence-electron chi connectivity index (χ1n) is 6.81. The quantitative estimate of drug-likeness (QED) is 0.926. The van der Waals surface area contributed by atoms with Crippen LogP contribution >= 0.6 is 0 Å². The second kappa shape index (κ2) is 6.01. The summed E-state index contributed by atoms with van der Waals surface area (Å²) in [6.45, 7) is 4.17. The van der Waals surface area contributed by atoms with Gasteiger partial charge in [0.05, 0.1) is 0 Å². The van der Waals surface area contributed by atoms with Crippen molar-refractivity contribution in [2.75, 3.05) is 26.5 Å². The molecule has 4 heteroatoms. The van der Waals surface area contributed by atoms with Gasteiger partial charge in [-0.15, -0.1) is 0 Å². The molecule has 1 N–H and O–H groups in total. The number of nitrogens with zero attached hydrogens (tertiary/aromatic N) is 3. The van der Waals surface area contributed by atoms with Crippen LogP contribution in [0.15, 0.2) is 30.3 Å². The molecule has 0 aliphatic carbocycles. The Bertz CT molecular complexity index is 576. The lowest BCUT2D eigenvalue weighted by Gasteiger charge is -2.20. The minimum Gasteiger partial charge on any atom is -0.373 e. The Hall–Kier alpha value is -1.94. The monoisotopic (exact) mass is 270 g/mol. The summed E-state index contributed by atoms with van der Waals surface area (Å²) >= 11 is 0. The molecule has 0 saturated heterocycles. The van der Waals surface area contributed by atoms with Crippen molar-refractivity contribution in [3.05, 3.63) is 41.6 Å². The number of anilines is 1.